The van der Waals surface area contributed by atoms with Gasteiger partial charge in [0, 0.05) is 18.8 Å². The van der Waals surface area contributed by atoms with Gasteiger partial charge in [0.2, 0.25) is 15.9 Å². The Kier molecular flexibility index (Phi) is 6.82. The lowest BCUT2D eigenvalue weighted by Gasteiger charge is -2.21. The fourth-order valence-corrected chi connectivity index (χ4v) is 5.99. The average molecular weight is 482 g/mol. The maximum atomic E-state index is 13.1. The third-order valence-corrected chi connectivity index (χ3v) is 8.32. The van der Waals surface area contributed by atoms with Crippen LogP contribution < -0.4 is 14.8 Å². The standard InChI is InChI=1S/C21H27N3O6S2/c1-5-24(6-2)32(28,29)17-8-10-20(30-14(3)4)19(13-17)23-31(26,27)16-7-9-18-15(11-16)12-21(25)22-18/h7-11,13-14,23H,5-6,12H2,1-4H3,(H,22,25). The second-order valence-corrected chi connectivity index (χ2v) is 11.2. The zero-order valence-corrected chi connectivity index (χ0v) is 20.0. The quantitative estimate of drug-likeness (QED) is 0.568. The molecule has 0 radical (unpaired) electrons. The number of benzene rings is 2. The molecule has 3 rings (SSSR count). The second-order valence-electron chi connectivity index (χ2n) is 7.56. The summed E-state index contributed by atoms with van der Waals surface area (Å²) in [5.74, 6) is 0.00418. The number of hydrogen-bond acceptors (Lipinski definition) is 6. The first-order chi connectivity index (χ1) is 15.0. The first-order valence-electron chi connectivity index (χ1n) is 10.2. The molecule has 1 aliphatic heterocycles. The van der Waals surface area contributed by atoms with Gasteiger partial charge in [-0.25, -0.2) is 16.8 Å². The molecule has 0 aliphatic carbocycles. The summed E-state index contributed by atoms with van der Waals surface area (Å²) < 4.78 is 61.5. The number of carbonyl (C=O) groups is 1. The molecule has 0 unspecified atom stereocenters. The molecule has 0 spiro atoms. The number of amides is 1. The number of nitrogens with one attached hydrogen (secondary N) is 2. The van der Waals surface area contributed by atoms with Crippen LogP contribution in [0.5, 0.6) is 5.75 Å². The third kappa shape index (κ3) is 4.89. The number of carbonyl (C=O) groups excluding carboxylic acids is 1. The molecule has 1 amide bonds. The number of fused-ring (bicyclic) bond motifs is 1. The summed E-state index contributed by atoms with van der Waals surface area (Å²) in [6, 6.07) is 8.44. The van der Waals surface area contributed by atoms with Crippen LogP contribution in [0, 0.1) is 0 Å². The van der Waals surface area contributed by atoms with Gasteiger partial charge >= 0.3 is 0 Å². The monoisotopic (exact) mass is 481 g/mol. The molecule has 0 saturated heterocycles. The number of anilines is 2. The van der Waals surface area contributed by atoms with Crippen LogP contribution in [-0.4, -0.2) is 46.2 Å². The van der Waals surface area contributed by atoms with Crippen LogP contribution in [0.1, 0.15) is 33.3 Å². The molecule has 9 nitrogen and oxygen atoms in total. The van der Waals surface area contributed by atoms with Gasteiger partial charge in [-0.05, 0) is 55.8 Å². The van der Waals surface area contributed by atoms with Crippen molar-refractivity contribution in [1.29, 1.82) is 0 Å². The van der Waals surface area contributed by atoms with Gasteiger partial charge in [-0.3, -0.25) is 9.52 Å². The molecule has 1 aliphatic rings. The fraction of sp³-hybridized carbons (Fsp3) is 0.381. The van der Waals surface area contributed by atoms with Crippen molar-refractivity contribution < 1.29 is 26.4 Å². The van der Waals surface area contributed by atoms with E-state index in [1.807, 2.05) is 0 Å². The molecule has 0 saturated carbocycles. The van der Waals surface area contributed by atoms with E-state index in [2.05, 4.69) is 10.0 Å². The average Bonchev–Trinajstić information content (AvgIpc) is 3.08. The highest BCUT2D eigenvalue weighted by atomic mass is 32.2. The summed E-state index contributed by atoms with van der Waals surface area (Å²) in [6.45, 7) is 7.59. The molecule has 0 fully saturated rings. The summed E-state index contributed by atoms with van der Waals surface area (Å²) in [6.07, 6.45) is -0.168. The number of rotatable bonds is 9. The van der Waals surface area contributed by atoms with E-state index in [0.717, 1.165) is 0 Å². The van der Waals surface area contributed by atoms with Gasteiger partial charge in [-0.1, -0.05) is 13.8 Å². The van der Waals surface area contributed by atoms with Gasteiger partial charge in [-0.15, -0.1) is 0 Å². The van der Waals surface area contributed by atoms with Crippen LogP contribution in [0.25, 0.3) is 0 Å². The van der Waals surface area contributed by atoms with Crippen molar-refractivity contribution in [2.75, 3.05) is 23.1 Å². The van der Waals surface area contributed by atoms with E-state index in [0.29, 0.717) is 11.3 Å². The minimum atomic E-state index is -4.08. The van der Waals surface area contributed by atoms with Crippen molar-refractivity contribution in [2.24, 2.45) is 0 Å². The van der Waals surface area contributed by atoms with Crippen molar-refractivity contribution in [3.05, 3.63) is 42.0 Å². The number of sulfonamides is 2. The molecular formula is C21H27N3O6S2. The Morgan fingerprint density at radius 2 is 1.69 bits per heavy atom. The Labute approximate surface area is 188 Å². The van der Waals surface area contributed by atoms with Crippen LogP contribution in [-0.2, 0) is 31.3 Å². The zero-order chi connectivity index (χ0) is 23.7. The number of ether oxygens (including phenoxy) is 1. The van der Waals surface area contributed by atoms with Gasteiger partial charge in [0.1, 0.15) is 5.75 Å². The van der Waals surface area contributed by atoms with E-state index >= 15 is 0 Å². The maximum Gasteiger partial charge on any atom is 0.262 e. The van der Waals surface area contributed by atoms with Crippen molar-refractivity contribution in [1.82, 2.24) is 4.31 Å². The van der Waals surface area contributed by atoms with Gasteiger partial charge < -0.3 is 10.1 Å². The van der Waals surface area contributed by atoms with Crippen LogP contribution in [0.3, 0.4) is 0 Å². The van der Waals surface area contributed by atoms with Gasteiger partial charge in [-0.2, -0.15) is 4.31 Å². The summed E-state index contributed by atoms with van der Waals surface area (Å²) in [5, 5.41) is 2.66. The van der Waals surface area contributed by atoms with Crippen molar-refractivity contribution >= 4 is 37.3 Å². The number of nitrogens with zero attached hydrogens (tertiary/aromatic N) is 1. The molecule has 32 heavy (non-hydrogen) atoms. The van der Waals surface area contributed by atoms with Crippen LogP contribution in [0.2, 0.25) is 0 Å². The summed E-state index contributed by atoms with van der Waals surface area (Å²) >= 11 is 0. The Balaban J connectivity index is 2.03. The van der Waals surface area contributed by atoms with E-state index in [-0.39, 0.29) is 52.7 Å². The van der Waals surface area contributed by atoms with E-state index in [1.54, 1.807) is 27.7 Å². The Hall–Kier alpha value is -2.63. The topological polar surface area (TPSA) is 122 Å². The summed E-state index contributed by atoms with van der Waals surface area (Å²) in [5.41, 5.74) is 1.17. The molecule has 11 heteroatoms. The van der Waals surface area contributed by atoms with Crippen LogP contribution in [0.4, 0.5) is 11.4 Å². The van der Waals surface area contributed by atoms with Gasteiger partial charge in [0.05, 0.1) is 28.0 Å². The summed E-state index contributed by atoms with van der Waals surface area (Å²) in [4.78, 5) is 11.5. The Morgan fingerprint density at radius 3 is 2.31 bits per heavy atom. The van der Waals surface area contributed by atoms with Gasteiger partial charge in [0.15, 0.2) is 0 Å². The molecular weight excluding hydrogens is 454 g/mol. The highest BCUT2D eigenvalue weighted by molar-refractivity contribution is 7.92. The Morgan fingerprint density at radius 1 is 1.03 bits per heavy atom. The van der Waals surface area contributed by atoms with E-state index in [9.17, 15) is 21.6 Å². The summed E-state index contributed by atoms with van der Waals surface area (Å²) in [7, 11) is -7.89. The van der Waals surface area contributed by atoms with E-state index in [4.69, 9.17) is 4.74 Å². The normalized spacial score (nSPS) is 13.9. The predicted molar refractivity (Wildman–Crippen MR) is 122 cm³/mol. The van der Waals surface area contributed by atoms with Crippen LogP contribution in [0.15, 0.2) is 46.2 Å². The lowest BCUT2D eigenvalue weighted by atomic mass is 10.2. The molecule has 0 aromatic heterocycles. The van der Waals surface area contributed by atoms with E-state index in [1.165, 1.54) is 40.7 Å². The minimum absolute atomic E-state index is 0.0154. The van der Waals surface area contributed by atoms with Crippen LogP contribution >= 0.6 is 0 Å². The molecule has 1 heterocycles. The molecule has 2 aromatic carbocycles. The highest BCUT2D eigenvalue weighted by Crippen LogP contribution is 2.33. The maximum absolute atomic E-state index is 13.1. The number of hydrogen-bond donors (Lipinski definition) is 2. The smallest absolute Gasteiger partial charge is 0.262 e. The van der Waals surface area contributed by atoms with E-state index < -0.39 is 20.0 Å². The molecule has 0 bridgehead atoms. The predicted octanol–water partition coefficient (Wildman–Crippen LogP) is 2.80. The molecule has 0 atom stereocenters. The SMILES string of the molecule is CCN(CC)S(=O)(=O)c1ccc(OC(C)C)c(NS(=O)(=O)c2ccc3c(c2)CC(=O)N3)c1. The molecule has 174 valence electrons. The van der Waals surface area contributed by atoms with Crippen molar-refractivity contribution in [3.63, 3.8) is 0 Å². The fourth-order valence-electron chi connectivity index (χ4n) is 3.40. The second kappa shape index (κ2) is 9.08. The first kappa shape index (κ1) is 24.0. The first-order valence-corrected chi connectivity index (χ1v) is 13.2. The molecule has 2 aromatic rings. The lowest BCUT2D eigenvalue weighted by molar-refractivity contribution is -0.115. The largest absolute Gasteiger partial charge is 0.489 e. The van der Waals surface area contributed by atoms with Gasteiger partial charge in [0.25, 0.3) is 10.0 Å². The third-order valence-electron chi connectivity index (χ3n) is 4.91. The molecule has 2 N–H and O–H groups in total. The van der Waals surface area contributed by atoms with Crippen molar-refractivity contribution in [3.8, 4) is 5.75 Å². The van der Waals surface area contributed by atoms with Crippen molar-refractivity contribution in [2.45, 2.75) is 50.0 Å². The Bertz CT molecular complexity index is 1240. The zero-order valence-electron chi connectivity index (χ0n) is 18.4. The highest BCUT2D eigenvalue weighted by Gasteiger charge is 2.26. The minimum Gasteiger partial charge on any atom is -0.489 e. The lowest BCUT2D eigenvalue weighted by Crippen LogP contribution is -2.30.